The number of nitrogens with one attached hydrogen (secondary N) is 2. The zero-order chi connectivity index (χ0) is 25.2. The summed E-state index contributed by atoms with van der Waals surface area (Å²) in [6.45, 7) is 3.85. The number of aromatic nitrogens is 2. The van der Waals surface area contributed by atoms with E-state index in [9.17, 15) is 22.8 Å². The topological polar surface area (TPSA) is 84.0 Å². The Balaban J connectivity index is 1.31. The van der Waals surface area contributed by atoms with Crippen LogP contribution in [0.5, 0.6) is 0 Å². The minimum atomic E-state index is -4.60. The van der Waals surface area contributed by atoms with Gasteiger partial charge < -0.3 is 10.6 Å². The number of aryl methyl sites for hydroxylation is 2. The molecule has 2 amide bonds. The van der Waals surface area contributed by atoms with Crippen molar-refractivity contribution in [3.63, 3.8) is 0 Å². The van der Waals surface area contributed by atoms with E-state index >= 15 is 0 Å². The van der Waals surface area contributed by atoms with E-state index in [2.05, 4.69) is 20.6 Å². The highest BCUT2D eigenvalue weighted by Gasteiger charge is 2.43. The third-order valence-corrected chi connectivity index (χ3v) is 7.94. The first-order chi connectivity index (χ1) is 16.6. The molecule has 1 fully saturated rings. The van der Waals surface area contributed by atoms with E-state index < -0.39 is 24.0 Å². The van der Waals surface area contributed by atoms with Crippen LogP contribution in [-0.2, 0) is 9.59 Å². The fourth-order valence-corrected chi connectivity index (χ4v) is 5.95. The Labute approximate surface area is 209 Å². The van der Waals surface area contributed by atoms with Gasteiger partial charge in [-0.2, -0.15) is 13.2 Å². The zero-order valence-corrected chi connectivity index (χ0v) is 20.8. The van der Waals surface area contributed by atoms with E-state index in [-0.39, 0.29) is 17.4 Å². The number of carbonyl (C=O) groups is 2. The summed E-state index contributed by atoms with van der Waals surface area (Å²) >= 11 is 2.88. The number of benzene rings is 1. The monoisotopic (exact) mass is 522 g/mol. The van der Waals surface area contributed by atoms with Gasteiger partial charge in [0, 0.05) is 17.2 Å². The first-order valence-corrected chi connectivity index (χ1v) is 12.9. The Bertz CT molecular complexity index is 1190. The van der Waals surface area contributed by atoms with Crippen LogP contribution in [0.25, 0.3) is 10.6 Å². The van der Waals surface area contributed by atoms with Gasteiger partial charge in [0.15, 0.2) is 11.2 Å². The molecule has 4 rings (SSSR count). The van der Waals surface area contributed by atoms with E-state index in [0.29, 0.717) is 30.8 Å². The second kappa shape index (κ2) is 10.4. The third kappa shape index (κ3) is 6.07. The molecule has 1 aromatic carbocycles. The highest BCUT2D eigenvalue weighted by atomic mass is 32.1. The minimum Gasteiger partial charge on any atom is -0.341 e. The van der Waals surface area contributed by atoms with Crippen molar-refractivity contribution in [2.75, 3.05) is 5.32 Å². The molecule has 186 valence electrons. The summed E-state index contributed by atoms with van der Waals surface area (Å²) in [6.07, 6.45) is -3.04. The summed E-state index contributed by atoms with van der Waals surface area (Å²) in [5, 5.41) is 8.34. The van der Waals surface area contributed by atoms with Gasteiger partial charge in [-0.05, 0) is 45.1 Å². The smallest absolute Gasteiger partial charge is 0.341 e. The Morgan fingerprint density at radius 2 is 1.63 bits per heavy atom. The standard InChI is InChI=1S/C24H25F3N4O2S2/c1-13-19(35-14(2)28-13)18-12-34-23(29-18)31-22(33)17-10-8-16(9-11-17)21(32)30-20(24(25,26)27)15-6-4-3-5-7-15/h3-7,12,16-17,20H,8-11H2,1-2H3,(H,30,32)(H,29,31,33)/t16-,17+,20-/m1/s1. The van der Waals surface area contributed by atoms with Crippen molar-refractivity contribution < 1.29 is 22.8 Å². The first-order valence-electron chi connectivity index (χ1n) is 11.2. The number of alkyl halides is 3. The van der Waals surface area contributed by atoms with E-state index in [1.165, 1.54) is 35.6 Å². The fourth-order valence-electron chi connectivity index (χ4n) is 4.29. The lowest BCUT2D eigenvalue weighted by atomic mass is 9.81. The molecule has 0 spiro atoms. The Morgan fingerprint density at radius 1 is 1.00 bits per heavy atom. The molecule has 1 aliphatic carbocycles. The molecule has 0 radical (unpaired) electrons. The summed E-state index contributed by atoms with van der Waals surface area (Å²) in [6, 6.07) is 5.29. The van der Waals surface area contributed by atoms with Crippen molar-refractivity contribution in [3.8, 4) is 10.6 Å². The van der Waals surface area contributed by atoms with Crippen LogP contribution in [0.1, 0.15) is 48.0 Å². The number of amides is 2. The number of rotatable bonds is 6. The Kier molecular flexibility index (Phi) is 7.56. The molecule has 2 heterocycles. The Hall–Kier alpha value is -2.79. The molecule has 1 aliphatic rings. The maximum Gasteiger partial charge on any atom is 0.412 e. The molecule has 1 saturated carbocycles. The predicted octanol–water partition coefficient (Wildman–Crippen LogP) is 6.05. The van der Waals surface area contributed by atoms with Crippen LogP contribution in [0.15, 0.2) is 35.7 Å². The zero-order valence-electron chi connectivity index (χ0n) is 19.2. The van der Waals surface area contributed by atoms with Crippen molar-refractivity contribution in [2.45, 2.75) is 51.7 Å². The van der Waals surface area contributed by atoms with Gasteiger partial charge in [0.2, 0.25) is 11.8 Å². The largest absolute Gasteiger partial charge is 0.412 e. The van der Waals surface area contributed by atoms with Crippen LogP contribution in [0.3, 0.4) is 0 Å². The SMILES string of the molecule is Cc1nc(C)c(-c2csc(NC(=O)[C@H]3CC[C@@H](C(=O)N[C@H](c4ccccc4)C(F)(F)F)CC3)n2)s1. The van der Waals surface area contributed by atoms with Gasteiger partial charge in [0.25, 0.3) is 0 Å². The molecule has 0 bridgehead atoms. The van der Waals surface area contributed by atoms with Crippen LogP contribution in [-0.4, -0.2) is 28.0 Å². The summed E-state index contributed by atoms with van der Waals surface area (Å²) in [7, 11) is 0. The minimum absolute atomic E-state index is 0.00656. The van der Waals surface area contributed by atoms with Gasteiger partial charge in [-0.1, -0.05) is 30.3 Å². The molecular weight excluding hydrogens is 497 g/mol. The molecule has 2 aromatic heterocycles. The van der Waals surface area contributed by atoms with Crippen molar-refractivity contribution >= 4 is 39.6 Å². The van der Waals surface area contributed by atoms with Crippen molar-refractivity contribution in [2.24, 2.45) is 11.8 Å². The number of hydrogen-bond acceptors (Lipinski definition) is 6. The van der Waals surface area contributed by atoms with Gasteiger partial charge in [-0.15, -0.1) is 22.7 Å². The fraction of sp³-hybridized carbons (Fsp3) is 0.417. The maximum absolute atomic E-state index is 13.6. The van der Waals surface area contributed by atoms with Crippen molar-refractivity contribution in [1.29, 1.82) is 0 Å². The van der Waals surface area contributed by atoms with Crippen LogP contribution >= 0.6 is 22.7 Å². The number of carbonyl (C=O) groups excluding carboxylic acids is 2. The molecule has 11 heteroatoms. The van der Waals surface area contributed by atoms with Crippen molar-refractivity contribution in [1.82, 2.24) is 15.3 Å². The molecule has 0 unspecified atom stereocenters. The van der Waals surface area contributed by atoms with Crippen LogP contribution in [0, 0.1) is 25.7 Å². The average Bonchev–Trinajstić information content (AvgIpc) is 3.42. The quantitative estimate of drug-likeness (QED) is 0.413. The van der Waals surface area contributed by atoms with Crippen LogP contribution in [0.2, 0.25) is 0 Å². The van der Waals surface area contributed by atoms with Crippen LogP contribution < -0.4 is 10.6 Å². The maximum atomic E-state index is 13.6. The van der Waals surface area contributed by atoms with E-state index in [1.54, 1.807) is 17.4 Å². The highest BCUT2D eigenvalue weighted by molar-refractivity contribution is 7.16. The number of halogens is 3. The van der Waals surface area contributed by atoms with Gasteiger partial charge in [-0.25, -0.2) is 9.97 Å². The highest BCUT2D eigenvalue weighted by Crippen LogP contribution is 2.36. The second-order valence-corrected chi connectivity index (χ2v) is 10.7. The number of nitrogens with zero attached hydrogens (tertiary/aromatic N) is 2. The second-order valence-electron chi connectivity index (χ2n) is 8.62. The predicted molar refractivity (Wildman–Crippen MR) is 130 cm³/mol. The lowest BCUT2D eigenvalue weighted by Crippen LogP contribution is -2.42. The normalized spacial score (nSPS) is 19.2. The molecule has 3 aromatic rings. The summed E-state index contributed by atoms with van der Waals surface area (Å²) in [4.78, 5) is 35.3. The summed E-state index contributed by atoms with van der Waals surface area (Å²) in [5.74, 6) is -1.68. The third-order valence-electron chi connectivity index (χ3n) is 6.09. The summed E-state index contributed by atoms with van der Waals surface area (Å²) in [5.41, 5.74) is 1.66. The first kappa shape index (κ1) is 25.3. The molecule has 0 aliphatic heterocycles. The molecule has 6 nitrogen and oxygen atoms in total. The molecular formula is C24H25F3N4O2S2. The van der Waals surface area contributed by atoms with Crippen molar-refractivity contribution in [3.05, 3.63) is 52.0 Å². The van der Waals surface area contributed by atoms with Crippen LogP contribution in [0.4, 0.5) is 18.3 Å². The molecule has 1 atom stereocenters. The Morgan fingerprint density at radius 3 is 2.20 bits per heavy atom. The van der Waals surface area contributed by atoms with Gasteiger partial charge >= 0.3 is 6.18 Å². The van der Waals surface area contributed by atoms with E-state index in [4.69, 9.17) is 0 Å². The molecule has 2 N–H and O–H groups in total. The van der Waals surface area contributed by atoms with E-state index in [1.807, 2.05) is 19.2 Å². The van der Waals surface area contributed by atoms with E-state index in [0.717, 1.165) is 21.3 Å². The lowest BCUT2D eigenvalue weighted by molar-refractivity contribution is -0.165. The molecule has 35 heavy (non-hydrogen) atoms. The average molecular weight is 523 g/mol. The number of hydrogen-bond donors (Lipinski definition) is 2. The molecule has 0 saturated heterocycles. The number of thiazole rings is 2. The summed E-state index contributed by atoms with van der Waals surface area (Å²) < 4.78 is 40.7. The lowest BCUT2D eigenvalue weighted by Gasteiger charge is -2.29. The van der Waals surface area contributed by atoms with Gasteiger partial charge in [-0.3, -0.25) is 9.59 Å². The number of anilines is 1. The van der Waals surface area contributed by atoms with Gasteiger partial charge in [0.1, 0.15) is 0 Å². The van der Waals surface area contributed by atoms with Gasteiger partial charge in [0.05, 0.1) is 21.3 Å².